The number of anilines is 1. The normalized spacial score (nSPS) is 11.6. The Hall–Kier alpha value is -3.82. The lowest BCUT2D eigenvalue weighted by molar-refractivity contribution is -0.137. The molecule has 0 unspecified atom stereocenters. The SMILES string of the molecule is CN(C(=O)c1cn2c(-c3ccc(C(F)(F)F)cc3)cnc2cn1)c1ccc(F)nc1. The molecule has 0 N–H and O–H groups in total. The summed E-state index contributed by atoms with van der Waals surface area (Å²) < 4.78 is 53.0. The van der Waals surface area contributed by atoms with Gasteiger partial charge in [0.15, 0.2) is 5.65 Å². The number of hydrogen-bond donors (Lipinski definition) is 0. The predicted molar refractivity (Wildman–Crippen MR) is 100 cm³/mol. The van der Waals surface area contributed by atoms with Crippen molar-refractivity contribution in [3.05, 3.63) is 78.4 Å². The maximum absolute atomic E-state index is 13.0. The van der Waals surface area contributed by atoms with Crippen LogP contribution in [0.3, 0.4) is 0 Å². The van der Waals surface area contributed by atoms with Gasteiger partial charge in [-0.15, -0.1) is 0 Å². The fraction of sp³-hybridized carbons (Fsp3) is 0.100. The summed E-state index contributed by atoms with van der Waals surface area (Å²) >= 11 is 0. The van der Waals surface area contributed by atoms with Gasteiger partial charge < -0.3 is 4.90 Å². The summed E-state index contributed by atoms with van der Waals surface area (Å²) in [5.74, 6) is -1.14. The second-order valence-corrected chi connectivity index (χ2v) is 6.42. The molecule has 152 valence electrons. The van der Waals surface area contributed by atoms with Gasteiger partial charge in [0, 0.05) is 18.8 Å². The summed E-state index contributed by atoms with van der Waals surface area (Å²) in [6.07, 6.45) is 1.11. The second-order valence-electron chi connectivity index (χ2n) is 6.42. The molecule has 0 saturated heterocycles. The minimum atomic E-state index is -4.43. The number of imidazole rings is 1. The van der Waals surface area contributed by atoms with Crippen LogP contribution in [0.2, 0.25) is 0 Å². The van der Waals surface area contributed by atoms with Crippen LogP contribution in [0.5, 0.6) is 0 Å². The van der Waals surface area contributed by atoms with E-state index >= 15 is 0 Å². The number of halogens is 4. The highest BCUT2D eigenvalue weighted by molar-refractivity contribution is 6.04. The van der Waals surface area contributed by atoms with Gasteiger partial charge in [0.25, 0.3) is 5.91 Å². The van der Waals surface area contributed by atoms with Crippen LogP contribution >= 0.6 is 0 Å². The highest BCUT2D eigenvalue weighted by Crippen LogP contribution is 2.31. The van der Waals surface area contributed by atoms with Gasteiger partial charge in [-0.25, -0.2) is 15.0 Å². The Kier molecular flexibility index (Phi) is 4.69. The quantitative estimate of drug-likeness (QED) is 0.371. The molecule has 0 aliphatic heterocycles. The molecule has 30 heavy (non-hydrogen) atoms. The number of hydrogen-bond acceptors (Lipinski definition) is 4. The molecule has 0 aliphatic rings. The highest BCUT2D eigenvalue weighted by atomic mass is 19.4. The average Bonchev–Trinajstić information content (AvgIpc) is 3.16. The van der Waals surface area contributed by atoms with Gasteiger partial charge in [0.2, 0.25) is 5.95 Å². The minimum absolute atomic E-state index is 0.0699. The molecule has 0 bridgehead atoms. The number of pyridine rings is 1. The number of amides is 1. The Morgan fingerprint density at radius 3 is 2.33 bits per heavy atom. The van der Waals surface area contributed by atoms with Crippen molar-refractivity contribution in [3.8, 4) is 11.3 Å². The largest absolute Gasteiger partial charge is 0.416 e. The first-order valence-electron chi connectivity index (χ1n) is 8.64. The Labute approximate surface area is 167 Å². The number of aromatic nitrogens is 4. The van der Waals surface area contributed by atoms with E-state index in [1.54, 1.807) is 4.40 Å². The van der Waals surface area contributed by atoms with Crippen molar-refractivity contribution in [1.82, 2.24) is 19.4 Å². The average molecular weight is 415 g/mol. The third-order valence-corrected chi connectivity index (χ3v) is 4.53. The van der Waals surface area contributed by atoms with Crippen LogP contribution in [0.15, 0.2) is 61.2 Å². The molecule has 0 atom stereocenters. The molecule has 10 heteroatoms. The van der Waals surface area contributed by atoms with Crippen molar-refractivity contribution in [1.29, 1.82) is 0 Å². The maximum Gasteiger partial charge on any atom is 0.416 e. The summed E-state index contributed by atoms with van der Waals surface area (Å²) in [6, 6.07) is 7.18. The third-order valence-electron chi connectivity index (χ3n) is 4.53. The summed E-state index contributed by atoms with van der Waals surface area (Å²) in [6.45, 7) is 0. The highest BCUT2D eigenvalue weighted by Gasteiger charge is 2.30. The van der Waals surface area contributed by atoms with E-state index in [2.05, 4.69) is 15.0 Å². The van der Waals surface area contributed by atoms with Crippen molar-refractivity contribution in [2.24, 2.45) is 0 Å². The number of carbonyl (C=O) groups excluding carboxylic acids is 1. The van der Waals surface area contributed by atoms with E-state index in [0.717, 1.165) is 18.2 Å². The third kappa shape index (κ3) is 3.59. The molecule has 3 aromatic heterocycles. The molecule has 4 rings (SSSR count). The van der Waals surface area contributed by atoms with E-state index in [9.17, 15) is 22.4 Å². The molecule has 4 aromatic rings. The fourth-order valence-corrected chi connectivity index (χ4v) is 2.90. The zero-order valence-corrected chi connectivity index (χ0v) is 15.4. The predicted octanol–water partition coefficient (Wildman–Crippen LogP) is 4.23. The van der Waals surface area contributed by atoms with E-state index in [1.807, 2.05) is 0 Å². The topological polar surface area (TPSA) is 63.4 Å². The number of benzene rings is 1. The molecule has 1 aromatic carbocycles. The van der Waals surface area contributed by atoms with Crippen LogP contribution < -0.4 is 4.90 Å². The van der Waals surface area contributed by atoms with Crippen molar-refractivity contribution < 1.29 is 22.4 Å². The van der Waals surface area contributed by atoms with Crippen molar-refractivity contribution in [2.45, 2.75) is 6.18 Å². The Bertz CT molecular complexity index is 1220. The Morgan fingerprint density at radius 2 is 1.70 bits per heavy atom. The van der Waals surface area contributed by atoms with E-state index in [0.29, 0.717) is 22.6 Å². The van der Waals surface area contributed by atoms with Crippen LogP contribution in [0, 0.1) is 5.95 Å². The fourth-order valence-electron chi connectivity index (χ4n) is 2.90. The molecular formula is C20H13F4N5O. The van der Waals surface area contributed by atoms with Gasteiger partial charge in [-0.2, -0.15) is 17.6 Å². The number of alkyl halides is 3. The number of carbonyl (C=O) groups is 1. The van der Waals surface area contributed by atoms with Crippen LogP contribution in [0.4, 0.5) is 23.2 Å². The first-order valence-corrected chi connectivity index (χ1v) is 8.64. The van der Waals surface area contributed by atoms with E-state index in [4.69, 9.17) is 0 Å². The molecule has 0 saturated carbocycles. The van der Waals surface area contributed by atoms with Gasteiger partial charge in [0.05, 0.1) is 35.5 Å². The van der Waals surface area contributed by atoms with Crippen LogP contribution in [-0.4, -0.2) is 32.3 Å². The zero-order valence-electron chi connectivity index (χ0n) is 15.4. The second kappa shape index (κ2) is 7.21. The lowest BCUT2D eigenvalue weighted by Gasteiger charge is -2.16. The maximum atomic E-state index is 13.0. The van der Waals surface area contributed by atoms with Crippen molar-refractivity contribution in [2.75, 3.05) is 11.9 Å². The molecular weight excluding hydrogens is 402 g/mol. The van der Waals surface area contributed by atoms with Gasteiger partial charge in [-0.3, -0.25) is 9.20 Å². The van der Waals surface area contributed by atoms with E-state index in [1.165, 1.54) is 54.9 Å². The first-order chi connectivity index (χ1) is 14.2. The molecule has 0 spiro atoms. The molecule has 6 nitrogen and oxygen atoms in total. The zero-order chi connectivity index (χ0) is 21.5. The number of rotatable bonds is 3. The minimum Gasteiger partial charge on any atom is -0.309 e. The molecule has 0 fully saturated rings. The standard InChI is InChI=1S/C20H13F4N5O/c1-28(14-6-7-17(21)26-8-14)19(30)15-11-29-16(9-27-18(29)10-25-15)12-2-4-13(5-3-12)20(22,23)24/h2-11H,1H3. The monoisotopic (exact) mass is 415 g/mol. The number of nitrogens with zero attached hydrogens (tertiary/aromatic N) is 5. The summed E-state index contributed by atoms with van der Waals surface area (Å²) in [5.41, 5.74) is 1.11. The molecule has 3 heterocycles. The van der Waals surface area contributed by atoms with Crippen LogP contribution in [0.25, 0.3) is 16.9 Å². The van der Waals surface area contributed by atoms with Crippen LogP contribution in [0.1, 0.15) is 16.1 Å². The van der Waals surface area contributed by atoms with Gasteiger partial charge in [-0.1, -0.05) is 12.1 Å². The van der Waals surface area contributed by atoms with E-state index in [-0.39, 0.29) is 5.69 Å². The lowest BCUT2D eigenvalue weighted by Crippen LogP contribution is -2.27. The summed E-state index contributed by atoms with van der Waals surface area (Å²) in [7, 11) is 1.49. The van der Waals surface area contributed by atoms with Gasteiger partial charge >= 0.3 is 6.18 Å². The number of fused-ring (bicyclic) bond motifs is 1. The lowest BCUT2D eigenvalue weighted by atomic mass is 10.1. The summed E-state index contributed by atoms with van der Waals surface area (Å²) in [5, 5.41) is 0. The molecule has 0 radical (unpaired) electrons. The van der Waals surface area contributed by atoms with Gasteiger partial charge in [0.1, 0.15) is 5.69 Å². The molecule has 1 amide bonds. The first kappa shape index (κ1) is 19.5. The Balaban J connectivity index is 1.69. The smallest absolute Gasteiger partial charge is 0.309 e. The molecule has 0 aliphatic carbocycles. The summed E-state index contributed by atoms with van der Waals surface area (Å²) in [4.78, 5) is 25.8. The van der Waals surface area contributed by atoms with Crippen molar-refractivity contribution in [3.63, 3.8) is 0 Å². The Morgan fingerprint density at radius 1 is 0.967 bits per heavy atom. The van der Waals surface area contributed by atoms with E-state index < -0.39 is 23.6 Å². The van der Waals surface area contributed by atoms with Gasteiger partial charge in [-0.05, 0) is 24.3 Å². The van der Waals surface area contributed by atoms with Crippen LogP contribution in [-0.2, 0) is 6.18 Å². The van der Waals surface area contributed by atoms with Crippen molar-refractivity contribution >= 4 is 17.2 Å².